The minimum absolute atomic E-state index is 0.184. The molecule has 1 amide bonds. The van der Waals surface area contributed by atoms with Gasteiger partial charge in [0.15, 0.2) is 5.69 Å². The van der Waals surface area contributed by atoms with Gasteiger partial charge >= 0.3 is 0 Å². The number of H-pyrrole nitrogens is 1. The molecule has 0 fully saturated rings. The van der Waals surface area contributed by atoms with Gasteiger partial charge in [-0.3, -0.25) is 9.59 Å². The molecule has 0 atom stereocenters. The lowest BCUT2D eigenvalue weighted by Crippen LogP contribution is -2.24. The van der Waals surface area contributed by atoms with Crippen molar-refractivity contribution in [2.24, 2.45) is 0 Å². The zero-order valence-electron chi connectivity index (χ0n) is 10.3. The van der Waals surface area contributed by atoms with Crippen LogP contribution in [0, 0.1) is 0 Å². The van der Waals surface area contributed by atoms with Gasteiger partial charge in [0.05, 0.1) is 17.6 Å². The van der Waals surface area contributed by atoms with Crippen LogP contribution in [0.1, 0.15) is 16.2 Å². The Hall–Kier alpha value is -2.96. The summed E-state index contributed by atoms with van der Waals surface area (Å²) in [5.74, 6) is -0.365. The number of rotatable bonds is 3. The third-order valence-corrected chi connectivity index (χ3v) is 2.86. The molecule has 20 heavy (non-hydrogen) atoms. The van der Waals surface area contributed by atoms with E-state index in [1.807, 2.05) is 6.07 Å². The second-order valence-electron chi connectivity index (χ2n) is 4.11. The van der Waals surface area contributed by atoms with E-state index in [9.17, 15) is 9.59 Å². The Kier molecular flexibility index (Phi) is 3.00. The molecule has 0 saturated carbocycles. The van der Waals surface area contributed by atoms with Crippen LogP contribution in [0.25, 0.3) is 10.8 Å². The van der Waals surface area contributed by atoms with Crippen molar-refractivity contribution in [1.82, 2.24) is 20.7 Å². The molecule has 0 unspecified atom stereocenters. The molecule has 0 radical (unpaired) electrons. The lowest BCUT2D eigenvalue weighted by Gasteiger charge is -2.05. The van der Waals surface area contributed by atoms with E-state index in [0.717, 1.165) is 0 Å². The Balaban J connectivity index is 1.87. The van der Waals surface area contributed by atoms with E-state index in [0.29, 0.717) is 16.5 Å². The summed E-state index contributed by atoms with van der Waals surface area (Å²) < 4.78 is 4.60. The molecule has 7 heteroatoms. The Labute approximate surface area is 112 Å². The van der Waals surface area contributed by atoms with Crippen molar-refractivity contribution in [1.29, 1.82) is 0 Å². The van der Waals surface area contributed by atoms with Crippen LogP contribution in [0.4, 0.5) is 0 Å². The van der Waals surface area contributed by atoms with Gasteiger partial charge in [-0.25, -0.2) is 5.10 Å². The standard InChI is InChI=1S/C13H10N4O3/c18-12-9-4-2-1-3-8(9)11(15-16-12)7-14-13(19)10-5-6-20-17-10/h1-6H,7H2,(H,14,19)(H,16,18). The Bertz CT molecular complexity index is 808. The van der Waals surface area contributed by atoms with E-state index in [4.69, 9.17) is 0 Å². The molecule has 0 aliphatic carbocycles. The van der Waals surface area contributed by atoms with E-state index in [-0.39, 0.29) is 23.7 Å². The summed E-state index contributed by atoms with van der Waals surface area (Å²) in [6.45, 7) is 0.184. The number of hydrogen-bond donors (Lipinski definition) is 2. The molecule has 2 N–H and O–H groups in total. The molecule has 3 rings (SSSR count). The number of aromatic amines is 1. The SMILES string of the molecule is O=C(NCc1n[nH]c(=O)c2ccccc12)c1ccon1. The van der Waals surface area contributed by atoms with E-state index in [1.165, 1.54) is 12.3 Å². The van der Waals surface area contributed by atoms with Gasteiger partial charge in [0, 0.05) is 11.5 Å². The topological polar surface area (TPSA) is 101 Å². The van der Waals surface area contributed by atoms with Crippen molar-refractivity contribution >= 4 is 16.7 Å². The number of benzene rings is 1. The first kappa shape index (κ1) is 12.1. The van der Waals surface area contributed by atoms with Gasteiger partial charge in [-0.15, -0.1) is 0 Å². The predicted molar refractivity (Wildman–Crippen MR) is 70.0 cm³/mol. The molecule has 1 aromatic carbocycles. The first-order valence-corrected chi connectivity index (χ1v) is 5.90. The number of carbonyl (C=O) groups is 1. The minimum atomic E-state index is -0.365. The summed E-state index contributed by atoms with van der Waals surface area (Å²) in [5, 5.41) is 13.8. The van der Waals surface area contributed by atoms with Crippen molar-refractivity contribution in [2.45, 2.75) is 6.54 Å². The van der Waals surface area contributed by atoms with Crippen LogP contribution in [0.2, 0.25) is 0 Å². The van der Waals surface area contributed by atoms with Gasteiger partial charge in [-0.1, -0.05) is 23.4 Å². The number of nitrogens with zero attached hydrogens (tertiary/aromatic N) is 2. The lowest BCUT2D eigenvalue weighted by molar-refractivity contribution is 0.0941. The third kappa shape index (κ3) is 2.16. The largest absolute Gasteiger partial charge is 0.364 e. The average molecular weight is 270 g/mol. The van der Waals surface area contributed by atoms with E-state index in [2.05, 4.69) is 25.2 Å². The van der Waals surface area contributed by atoms with Crippen LogP contribution in [-0.4, -0.2) is 21.3 Å². The molecule has 7 nitrogen and oxygen atoms in total. The third-order valence-electron chi connectivity index (χ3n) is 2.86. The highest BCUT2D eigenvalue weighted by Gasteiger charge is 2.11. The molecule has 2 heterocycles. The molecule has 0 bridgehead atoms. The van der Waals surface area contributed by atoms with Gasteiger partial charge in [0.25, 0.3) is 11.5 Å². The van der Waals surface area contributed by atoms with Gasteiger partial charge < -0.3 is 9.84 Å². The van der Waals surface area contributed by atoms with Crippen LogP contribution in [0.5, 0.6) is 0 Å². The number of nitrogens with one attached hydrogen (secondary N) is 2. The molecule has 3 aromatic rings. The van der Waals surface area contributed by atoms with Gasteiger partial charge in [0.2, 0.25) is 0 Å². The number of hydrogen-bond acceptors (Lipinski definition) is 5. The molecule has 2 aromatic heterocycles. The first-order valence-electron chi connectivity index (χ1n) is 5.90. The first-order chi connectivity index (χ1) is 9.75. The molecular formula is C13H10N4O3. The van der Waals surface area contributed by atoms with Crippen molar-refractivity contribution in [3.63, 3.8) is 0 Å². The van der Waals surface area contributed by atoms with Crippen LogP contribution in [-0.2, 0) is 6.54 Å². The van der Waals surface area contributed by atoms with Crippen LogP contribution >= 0.6 is 0 Å². The molecule has 100 valence electrons. The highest BCUT2D eigenvalue weighted by Crippen LogP contribution is 2.12. The molecule has 0 saturated heterocycles. The fourth-order valence-electron chi connectivity index (χ4n) is 1.89. The van der Waals surface area contributed by atoms with Crippen LogP contribution < -0.4 is 10.9 Å². The highest BCUT2D eigenvalue weighted by molar-refractivity contribution is 5.92. The molecule has 0 spiro atoms. The van der Waals surface area contributed by atoms with Gasteiger partial charge in [-0.2, -0.15) is 5.10 Å². The molecule has 0 aliphatic rings. The Morgan fingerprint density at radius 1 is 1.25 bits per heavy atom. The summed E-state index contributed by atoms with van der Waals surface area (Å²) in [5.41, 5.74) is 0.517. The second-order valence-corrected chi connectivity index (χ2v) is 4.11. The normalized spacial score (nSPS) is 10.6. The highest BCUT2D eigenvalue weighted by atomic mass is 16.5. The Morgan fingerprint density at radius 3 is 2.80 bits per heavy atom. The zero-order valence-corrected chi connectivity index (χ0v) is 10.3. The van der Waals surface area contributed by atoms with Crippen LogP contribution in [0.15, 0.2) is 45.9 Å². The summed E-state index contributed by atoms with van der Waals surface area (Å²) in [7, 11) is 0. The van der Waals surface area contributed by atoms with Gasteiger partial charge in [-0.05, 0) is 6.07 Å². The minimum Gasteiger partial charge on any atom is -0.364 e. The maximum absolute atomic E-state index is 11.7. The molecule has 0 aliphatic heterocycles. The summed E-state index contributed by atoms with van der Waals surface area (Å²) in [6.07, 6.45) is 1.32. The van der Waals surface area contributed by atoms with Crippen molar-refractivity contribution in [2.75, 3.05) is 0 Å². The quantitative estimate of drug-likeness (QED) is 0.734. The number of fused-ring (bicyclic) bond motifs is 1. The van der Waals surface area contributed by atoms with Crippen molar-refractivity contribution in [3.8, 4) is 0 Å². The van der Waals surface area contributed by atoms with E-state index >= 15 is 0 Å². The summed E-state index contributed by atoms with van der Waals surface area (Å²) in [6, 6.07) is 8.55. The van der Waals surface area contributed by atoms with Gasteiger partial charge in [0.1, 0.15) is 6.26 Å². The molecular weight excluding hydrogens is 260 g/mol. The fraction of sp³-hybridized carbons (Fsp3) is 0.0769. The van der Waals surface area contributed by atoms with Crippen molar-refractivity contribution in [3.05, 3.63) is 58.3 Å². The lowest BCUT2D eigenvalue weighted by atomic mass is 10.1. The number of amides is 1. The summed E-state index contributed by atoms with van der Waals surface area (Å²) in [4.78, 5) is 23.4. The maximum atomic E-state index is 11.7. The number of carbonyl (C=O) groups excluding carboxylic acids is 1. The second kappa shape index (κ2) is 4.96. The average Bonchev–Trinajstić information content (AvgIpc) is 3.01. The predicted octanol–water partition coefficient (Wildman–Crippen LogP) is 0.841. The monoisotopic (exact) mass is 270 g/mol. The number of aromatic nitrogens is 3. The fourth-order valence-corrected chi connectivity index (χ4v) is 1.89. The van der Waals surface area contributed by atoms with Crippen LogP contribution in [0.3, 0.4) is 0 Å². The summed E-state index contributed by atoms with van der Waals surface area (Å²) >= 11 is 0. The van der Waals surface area contributed by atoms with E-state index in [1.54, 1.807) is 18.2 Å². The zero-order chi connectivity index (χ0) is 13.9. The Morgan fingerprint density at radius 2 is 2.05 bits per heavy atom. The van der Waals surface area contributed by atoms with Crippen molar-refractivity contribution < 1.29 is 9.32 Å². The van der Waals surface area contributed by atoms with E-state index < -0.39 is 0 Å². The smallest absolute Gasteiger partial charge is 0.273 e. The maximum Gasteiger partial charge on any atom is 0.273 e.